The van der Waals surface area contributed by atoms with E-state index in [2.05, 4.69) is 0 Å². The van der Waals surface area contributed by atoms with Crippen LogP contribution < -0.4 is 0 Å². The Hall–Kier alpha value is -0.0800. The maximum atomic E-state index is 9.73. The molecule has 13 heavy (non-hydrogen) atoms. The third kappa shape index (κ3) is 6.05. The Kier molecular flexibility index (Phi) is 4.93. The molecule has 0 aromatic carbocycles. The van der Waals surface area contributed by atoms with Crippen LogP contribution in [0.15, 0.2) is 0 Å². The normalized spacial score (nSPS) is 17.1. The summed E-state index contributed by atoms with van der Waals surface area (Å²) in [4.78, 5) is 0. The lowest BCUT2D eigenvalue weighted by molar-refractivity contribution is 0.0387. The first kappa shape index (κ1) is 12.9. The Morgan fingerprint density at radius 2 is 1.62 bits per heavy atom. The van der Waals surface area contributed by atoms with Crippen molar-refractivity contribution in [2.75, 3.05) is 6.61 Å². The summed E-state index contributed by atoms with van der Waals surface area (Å²) in [5.74, 6) is 0. The average Bonchev–Trinajstić information content (AvgIpc) is 2.04. The lowest BCUT2D eigenvalue weighted by atomic mass is 9.85. The Morgan fingerprint density at radius 1 is 1.08 bits per heavy atom. The summed E-state index contributed by atoms with van der Waals surface area (Å²) >= 11 is 0. The molecular formula is C11H24O2. The molecule has 1 atom stereocenters. The summed E-state index contributed by atoms with van der Waals surface area (Å²) in [7, 11) is 0. The highest BCUT2D eigenvalue weighted by molar-refractivity contribution is 4.73. The summed E-state index contributed by atoms with van der Waals surface area (Å²) in [5.41, 5.74) is -0.518. The number of rotatable bonds is 6. The minimum Gasteiger partial charge on any atom is -0.396 e. The molecule has 0 aromatic heterocycles. The highest BCUT2D eigenvalue weighted by Gasteiger charge is 2.20. The Labute approximate surface area is 82.0 Å². The zero-order valence-electron chi connectivity index (χ0n) is 9.43. The molecule has 80 valence electrons. The molecule has 1 unspecified atom stereocenters. The first-order valence-electron chi connectivity index (χ1n) is 5.16. The highest BCUT2D eigenvalue weighted by Crippen LogP contribution is 2.25. The standard InChI is InChI=1S/C11H24O2/c1-5-11(4,13)8-6-7-10(2,3)9-12/h12-13H,5-9H2,1-4H3. The summed E-state index contributed by atoms with van der Waals surface area (Å²) in [5, 5.41) is 18.7. The van der Waals surface area contributed by atoms with E-state index in [-0.39, 0.29) is 12.0 Å². The SMILES string of the molecule is CCC(C)(O)CCCC(C)(C)CO. The highest BCUT2D eigenvalue weighted by atomic mass is 16.3. The van der Waals surface area contributed by atoms with Gasteiger partial charge in [-0.15, -0.1) is 0 Å². The molecule has 0 bridgehead atoms. The van der Waals surface area contributed by atoms with Crippen LogP contribution in [0.2, 0.25) is 0 Å². The molecule has 0 aliphatic rings. The smallest absolute Gasteiger partial charge is 0.0617 e. The first-order valence-corrected chi connectivity index (χ1v) is 5.16. The molecule has 0 aliphatic carbocycles. The van der Waals surface area contributed by atoms with E-state index in [4.69, 9.17) is 5.11 Å². The van der Waals surface area contributed by atoms with E-state index in [1.165, 1.54) is 0 Å². The van der Waals surface area contributed by atoms with Gasteiger partial charge in [0.15, 0.2) is 0 Å². The first-order chi connectivity index (χ1) is 5.83. The predicted molar refractivity (Wildman–Crippen MR) is 55.6 cm³/mol. The van der Waals surface area contributed by atoms with Gasteiger partial charge in [-0.2, -0.15) is 0 Å². The third-order valence-corrected chi connectivity index (χ3v) is 2.76. The van der Waals surface area contributed by atoms with Crippen LogP contribution in [0.1, 0.15) is 53.4 Å². The molecule has 0 radical (unpaired) electrons. The van der Waals surface area contributed by atoms with Crippen molar-refractivity contribution in [1.82, 2.24) is 0 Å². The molecule has 0 heterocycles. The fraction of sp³-hybridized carbons (Fsp3) is 1.00. The number of hydrogen-bond acceptors (Lipinski definition) is 2. The number of aliphatic hydroxyl groups excluding tert-OH is 1. The zero-order valence-corrected chi connectivity index (χ0v) is 9.43. The molecule has 0 spiro atoms. The van der Waals surface area contributed by atoms with E-state index in [9.17, 15) is 5.11 Å². The van der Waals surface area contributed by atoms with Gasteiger partial charge in [-0.1, -0.05) is 20.8 Å². The second-order valence-corrected chi connectivity index (χ2v) is 5.03. The van der Waals surface area contributed by atoms with Crippen molar-refractivity contribution in [1.29, 1.82) is 0 Å². The van der Waals surface area contributed by atoms with Crippen molar-refractivity contribution < 1.29 is 10.2 Å². The van der Waals surface area contributed by atoms with Gasteiger partial charge in [0.25, 0.3) is 0 Å². The fourth-order valence-electron chi connectivity index (χ4n) is 1.20. The van der Waals surface area contributed by atoms with Gasteiger partial charge in [-0.25, -0.2) is 0 Å². The summed E-state index contributed by atoms with van der Waals surface area (Å²) in [6.45, 7) is 8.19. The minimum atomic E-state index is -0.522. The number of aliphatic hydroxyl groups is 2. The van der Waals surface area contributed by atoms with E-state index >= 15 is 0 Å². The molecular weight excluding hydrogens is 164 g/mol. The van der Waals surface area contributed by atoms with Gasteiger partial charge in [-0.05, 0) is 38.0 Å². The molecule has 2 nitrogen and oxygen atoms in total. The van der Waals surface area contributed by atoms with E-state index < -0.39 is 5.60 Å². The van der Waals surface area contributed by atoms with E-state index in [1.807, 2.05) is 27.7 Å². The summed E-state index contributed by atoms with van der Waals surface area (Å²) in [6.07, 6.45) is 3.58. The second-order valence-electron chi connectivity index (χ2n) is 5.03. The quantitative estimate of drug-likeness (QED) is 0.671. The fourth-order valence-corrected chi connectivity index (χ4v) is 1.20. The van der Waals surface area contributed by atoms with Crippen molar-refractivity contribution in [3.8, 4) is 0 Å². The lowest BCUT2D eigenvalue weighted by Crippen LogP contribution is -2.24. The summed E-state index contributed by atoms with van der Waals surface area (Å²) in [6, 6.07) is 0. The van der Waals surface area contributed by atoms with Gasteiger partial charge >= 0.3 is 0 Å². The lowest BCUT2D eigenvalue weighted by Gasteiger charge is -2.25. The Balaban J connectivity index is 3.68. The molecule has 0 amide bonds. The Bertz CT molecular complexity index is 123. The van der Waals surface area contributed by atoms with Crippen molar-refractivity contribution in [3.63, 3.8) is 0 Å². The molecule has 2 N–H and O–H groups in total. The van der Waals surface area contributed by atoms with Crippen molar-refractivity contribution in [3.05, 3.63) is 0 Å². The number of hydrogen-bond donors (Lipinski definition) is 2. The van der Waals surface area contributed by atoms with Crippen LogP contribution in [-0.4, -0.2) is 22.4 Å². The Morgan fingerprint density at radius 3 is 2.00 bits per heavy atom. The van der Waals surface area contributed by atoms with Crippen LogP contribution in [0.4, 0.5) is 0 Å². The molecule has 0 aromatic rings. The molecule has 0 saturated carbocycles. The molecule has 2 heteroatoms. The van der Waals surface area contributed by atoms with Crippen LogP contribution >= 0.6 is 0 Å². The van der Waals surface area contributed by atoms with E-state index in [0.717, 1.165) is 25.7 Å². The average molecular weight is 188 g/mol. The largest absolute Gasteiger partial charge is 0.396 e. The van der Waals surface area contributed by atoms with Crippen LogP contribution in [-0.2, 0) is 0 Å². The maximum Gasteiger partial charge on any atom is 0.0617 e. The maximum absolute atomic E-state index is 9.73. The molecule has 0 aliphatic heterocycles. The second kappa shape index (κ2) is 4.97. The van der Waals surface area contributed by atoms with Crippen LogP contribution in [0.5, 0.6) is 0 Å². The zero-order chi connectivity index (χ0) is 10.5. The third-order valence-electron chi connectivity index (χ3n) is 2.76. The van der Waals surface area contributed by atoms with Gasteiger partial charge in [0.05, 0.1) is 5.60 Å². The van der Waals surface area contributed by atoms with Gasteiger partial charge in [0.1, 0.15) is 0 Å². The van der Waals surface area contributed by atoms with Gasteiger partial charge in [0.2, 0.25) is 0 Å². The van der Waals surface area contributed by atoms with Crippen molar-refractivity contribution in [2.45, 2.75) is 59.0 Å². The van der Waals surface area contributed by atoms with Crippen LogP contribution in [0, 0.1) is 5.41 Å². The van der Waals surface area contributed by atoms with Crippen molar-refractivity contribution in [2.24, 2.45) is 5.41 Å². The topological polar surface area (TPSA) is 40.5 Å². The molecule has 0 fully saturated rings. The van der Waals surface area contributed by atoms with Gasteiger partial charge in [-0.3, -0.25) is 0 Å². The minimum absolute atomic E-state index is 0.00379. The monoisotopic (exact) mass is 188 g/mol. The van der Waals surface area contributed by atoms with Crippen molar-refractivity contribution >= 4 is 0 Å². The van der Waals surface area contributed by atoms with Gasteiger partial charge in [0, 0.05) is 6.61 Å². The van der Waals surface area contributed by atoms with E-state index in [0.29, 0.717) is 0 Å². The summed E-state index contributed by atoms with van der Waals surface area (Å²) < 4.78 is 0. The van der Waals surface area contributed by atoms with Crippen LogP contribution in [0.3, 0.4) is 0 Å². The molecule has 0 rings (SSSR count). The van der Waals surface area contributed by atoms with E-state index in [1.54, 1.807) is 0 Å². The molecule has 0 saturated heterocycles. The van der Waals surface area contributed by atoms with Crippen LogP contribution in [0.25, 0.3) is 0 Å². The van der Waals surface area contributed by atoms with Gasteiger partial charge < -0.3 is 10.2 Å². The predicted octanol–water partition coefficient (Wildman–Crippen LogP) is 2.34.